The maximum absolute atomic E-state index is 12.4. The van der Waals surface area contributed by atoms with Gasteiger partial charge in [0.25, 0.3) is 0 Å². The fourth-order valence-corrected chi connectivity index (χ4v) is 3.75. The predicted molar refractivity (Wildman–Crippen MR) is 110 cm³/mol. The molecule has 0 N–H and O–H groups in total. The molecule has 1 fully saturated rings. The van der Waals surface area contributed by atoms with Crippen molar-refractivity contribution in [1.29, 1.82) is 0 Å². The van der Waals surface area contributed by atoms with Crippen LogP contribution in [0, 0.1) is 11.8 Å². The molecule has 0 aromatic heterocycles. The lowest BCUT2D eigenvalue weighted by Gasteiger charge is -2.32. The first-order valence-electron chi connectivity index (χ1n) is 7.90. The number of carbonyl (C=O) groups excluding carboxylic acids is 2. The highest BCUT2D eigenvalue weighted by Crippen LogP contribution is 2.40. The summed E-state index contributed by atoms with van der Waals surface area (Å²) in [5.74, 6) is -2.47. The fourth-order valence-electron chi connectivity index (χ4n) is 2.60. The summed E-state index contributed by atoms with van der Waals surface area (Å²) in [5, 5.41) is 1.10. The van der Waals surface area contributed by atoms with Crippen molar-refractivity contribution in [3.05, 3.63) is 54.4 Å². The average molecular weight is 503 g/mol. The minimum Gasteiger partial charge on any atom is -0.425 e. The van der Waals surface area contributed by atoms with Gasteiger partial charge in [0.05, 0.1) is 42.0 Å². The molecule has 28 heavy (non-hydrogen) atoms. The van der Waals surface area contributed by atoms with E-state index in [4.69, 9.17) is 79.1 Å². The molecule has 148 valence electrons. The lowest BCUT2D eigenvalue weighted by atomic mass is 9.73. The molecule has 0 heterocycles. The Morgan fingerprint density at radius 3 is 1.25 bits per heavy atom. The zero-order valence-corrected chi connectivity index (χ0v) is 18.3. The molecular formula is C18H10Cl6O4. The molecule has 2 aromatic rings. The molecule has 0 bridgehead atoms. The summed E-state index contributed by atoms with van der Waals surface area (Å²) in [4.78, 5) is 24.9. The first kappa shape index (κ1) is 21.8. The second-order valence-electron chi connectivity index (χ2n) is 6.03. The van der Waals surface area contributed by atoms with Crippen molar-refractivity contribution in [2.75, 3.05) is 0 Å². The van der Waals surface area contributed by atoms with Crippen molar-refractivity contribution >= 4 is 81.5 Å². The lowest BCUT2D eigenvalue weighted by Crippen LogP contribution is -2.42. The maximum Gasteiger partial charge on any atom is 0.315 e. The molecule has 0 saturated heterocycles. The summed E-state index contributed by atoms with van der Waals surface area (Å²) >= 11 is 35.6. The zero-order chi connectivity index (χ0) is 20.6. The Kier molecular flexibility index (Phi) is 6.91. The van der Waals surface area contributed by atoms with Crippen LogP contribution in [0.5, 0.6) is 11.5 Å². The van der Waals surface area contributed by atoms with E-state index < -0.39 is 23.8 Å². The Labute approximate surface area is 190 Å². The van der Waals surface area contributed by atoms with Crippen molar-refractivity contribution in [2.45, 2.75) is 12.8 Å². The van der Waals surface area contributed by atoms with E-state index in [0.717, 1.165) is 0 Å². The quantitative estimate of drug-likeness (QED) is 0.253. The van der Waals surface area contributed by atoms with Gasteiger partial charge in [0.2, 0.25) is 0 Å². The van der Waals surface area contributed by atoms with E-state index in [0.29, 0.717) is 12.8 Å². The number of hydrogen-bond acceptors (Lipinski definition) is 4. The normalized spacial score (nSPS) is 18.4. The van der Waals surface area contributed by atoms with Crippen LogP contribution in [0.3, 0.4) is 0 Å². The first-order valence-corrected chi connectivity index (χ1v) is 10.2. The Morgan fingerprint density at radius 1 is 0.607 bits per heavy atom. The number of esters is 2. The topological polar surface area (TPSA) is 52.6 Å². The van der Waals surface area contributed by atoms with E-state index in [-0.39, 0.29) is 41.6 Å². The number of benzene rings is 2. The molecule has 3 rings (SSSR count). The molecule has 0 aliphatic heterocycles. The van der Waals surface area contributed by atoms with E-state index in [9.17, 15) is 9.59 Å². The Bertz CT molecular complexity index is 884. The highest BCUT2D eigenvalue weighted by Gasteiger charge is 2.44. The summed E-state index contributed by atoms with van der Waals surface area (Å²) in [7, 11) is 0. The first-order chi connectivity index (χ1) is 13.2. The van der Waals surface area contributed by atoms with Gasteiger partial charge >= 0.3 is 11.9 Å². The van der Waals surface area contributed by atoms with E-state index in [2.05, 4.69) is 0 Å². The third kappa shape index (κ3) is 4.64. The van der Waals surface area contributed by atoms with Crippen LogP contribution in [0.15, 0.2) is 24.3 Å². The third-order valence-corrected chi connectivity index (χ3v) is 6.29. The van der Waals surface area contributed by atoms with Gasteiger partial charge in [0, 0.05) is 12.1 Å². The van der Waals surface area contributed by atoms with E-state index in [1.807, 2.05) is 0 Å². The van der Waals surface area contributed by atoms with Crippen LogP contribution in [-0.2, 0) is 9.59 Å². The number of ether oxygens (including phenoxy) is 2. The lowest BCUT2D eigenvalue weighted by molar-refractivity contribution is -0.156. The van der Waals surface area contributed by atoms with Crippen LogP contribution in [0.2, 0.25) is 30.1 Å². The van der Waals surface area contributed by atoms with E-state index in [1.165, 1.54) is 24.3 Å². The molecule has 0 amide bonds. The van der Waals surface area contributed by atoms with Gasteiger partial charge in [-0.25, -0.2) is 0 Å². The minimum atomic E-state index is -0.681. The summed E-state index contributed by atoms with van der Waals surface area (Å²) in [6, 6.07) is 5.41. The highest BCUT2D eigenvalue weighted by atomic mass is 35.5. The monoisotopic (exact) mass is 500 g/mol. The second-order valence-corrected chi connectivity index (χ2v) is 8.47. The molecule has 10 heteroatoms. The molecule has 2 unspecified atom stereocenters. The number of hydrogen-bond donors (Lipinski definition) is 0. The Morgan fingerprint density at radius 2 is 0.929 bits per heavy atom. The number of carbonyl (C=O) groups is 2. The Balaban J connectivity index is 1.68. The van der Waals surface area contributed by atoms with Crippen molar-refractivity contribution < 1.29 is 19.1 Å². The SMILES string of the molecule is O=C(Oc1cc(Cl)c(Cl)cc1Cl)C1CCC1C(=O)Oc1cc(Cl)c(Cl)cc1Cl. The zero-order valence-electron chi connectivity index (χ0n) is 13.8. The van der Waals surface area contributed by atoms with Gasteiger partial charge < -0.3 is 9.47 Å². The molecule has 1 saturated carbocycles. The highest BCUT2D eigenvalue weighted by molar-refractivity contribution is 6.44. The minimum absolute atomic E-state index is 0.0626. The van der Waals surface area contributed by atoms with Gasteiger partial charge in [-0.2, -0.15) is 0 Å². The van der Waals surface area contributed by atoms with Crippen LogP contribution in [-0.4, -0.2) is 11.9 Å². The summed E-state index contributed by atoms with van der Waals surface area (Å²) in [6.07, 6.45) is 0.930. The van der Waals surface area contributed by atoms with Crippen LogP contribution in [0.4, 0.5) is 0 Å². The van der Waals surface area contributed by atoms with E-state index >= 15 is 0 Å². The molecule has 0 spiro atoms. The predicted octanol–water partition coefficient (Wildman–Crippen LogP) is 7.14. The van der Waals surface area contributed by atoms with Gasteiger partial charge in [-0.3, -0.25) is 9.59 Å². The van der Waals surface area contributed by atoms with Crippen LogP contribution in [0.25, 0.3) is 0 Å². The summed E-state index contributed by atoms with van der Waals surface area (Å²) in [5.41, 5.74) is 0. The molecular weight excluding hydrogens is 493 g/mol. The number of halogens is 6. The molecule has 4 nitrogen and oxygen atoms in total. The third-order valence-electron chi connectivity index (χ3n) is 4.25. The molecule has 2 atom stereocenters. The summed E-state index contributed by atoms with van der Waals surface area (Å²) in [6.45, 7) is 0. The van der Waals surface area contributed by atoms with Crippen LogP contribution >= 0.6 is 69.6 Å². The van der Waals surface area contributed by atoms with Crippen LogP contribution < -0.4 is 9.47 Å². The van der Waals surface area contributed by atoms with Crippen LogP contribution in [0.1, 0.15) is 12.8 Å². The molecule has 2 aromatic carbocycles. The van der Waals surface area contributed by atoms with Gasteiger partial charge in [-0.1, -0.05) is 69.6 Å². The maximum atomic E-state index is 12.4. The standard InChI is InChI=1S/C18H10Cl6O4/c19-9-3-13(23)15(5-11(9)21)27-17(25)7-1-2-8(7)18(26)28-16-6-12(22)10(20)4-14(16)24/h3-8H,1-2H2. The van der Waals surface area contributed by atoms with Gasteiger partial charge in [-0.05, 0) is 25.0 Å². The molecule has 0 radical (unpaired) electrons. The van der Waals surface area contributed by atoms with Gasteiger partial charge in [-0.15, -0.1) is 0 Å². The summed E-state index contributed by atoms with van der Waals surface area (Å²) < 4.78 is 10.6. The smallest absolute Gasteiger partial charge is 0.315 e. The average Bonchev–Trinajstić information content (AvgIpc) is 2.56. The Hall–Kier alpha value is -0.880. The van der Waals surface area contributed by atoms with Crippen molar-refractivity contribution in [2.24, 2.45) is 11.8 Å². The molecule has 1 aliphatic rings. The van der Waals surface area contributed by atoms with Crippen molar-refractivity contribution in [3.63, 3.8) is 0 Å². The number of rotatable bonds is 4. The van der Waals surface area contributed by atoms with Gasteiger partial charge in [0.15, 0.2) is 11.5 Å². The van der Waals surface area contributed by atoms with Gasteiger partial charge in [0.1, 0.15) is 0 Å². The largest absolute Gasteiger partial charge is 0.425 e. The van der Waals surface area contributed by atoms with Crippen molar-refractivity contribution in [1.82, 2.24) is 0 Å². The molecule has 1 aliphatic carbocycles. The van der Waals surface area contributed by atoms with E-state index in [1.54, 1.807) is 0 Å². The fraction of sp³-hybridized carbons (Fsp3) is 0.222. The second kappa shape index (κ2) is 8.86. The van der Waals surface area contributed by atoms with Crippen molar-refractivity contribution in [3.8, 4) is 11.5 Å².